The first kappa shape index (κ1) is 16.0. The summed E-state index contributed by atoms with van der Waals surface area (Å²) in [6.07, 6.45) is 0.251. The average molecular weight is 316 g/mol. The number of benzene rings is 1. The lowest BCUT2D eigenvalue weighted by Gasteiger charge is -2.22. The fourth-order valence-corrected chi connectivity index (χ4v) is 1.86. The smallest absolute Gasteiger partial charge is 0.277 e. The third-order valence-electron chi connectivity index (χ3n) is 2.97. The highest BCUT2D eigenvalue weighted by atomic mass is 19.3. The Morgan fingerprint density at radius 3 is 2.48 bits per heavy atom. The predicted octanol–water partition coefficient (Wildman–Crippen LogP) is 2.05. The summed E-state index contributed by atoms with van der Waals surface area (Å²) in [5, 5.41) is 24.6. The highest BCUT2D eigenvalue weighted by Crippen LogP contribution is 2.19. The first-order valence-electron chi connectivity index (χ1n) is 6.47. The molecule has 0 spiro atoms. The van der Waals surface area contributed by atoms with E-state index in [2.05, 4.69) is 15.6 Å². The van der Waals surface area contributed by atoms with Crippen LogP contribution in [0.1, 0.15) is 18.4 Å². The van der Waals surface area contributed by atoms with E-state index in [4.69, 9.17) is 10.5 Å². The number of hydrazone groups is 2. The molecule has 0 saturated carbocycles. The Morgan fingerprint density at radius 1 is 1.26 bits per heavy atom. The van der Waals surface area contributed by atoms with Gasteiger partial charge in [-0.25, -0.2) is 0 Å². The van der Waals surface area contributed by atoms with Gasteiger partial charge in [0, 0.05) is 12.8 Å². The van der Waals surface area contributed by atoms with Gasteiger partial charge < -0.3 is 0 Å². The third-order valence-corrected chi connectivity index (χ3v) is 2.97. The number of carbonyl (C=O) groups is 1. The summed E-state index contributed by atoms with van der Waals surface area (Å²) in [6.45, 7) is -2.97. The van der Waals surface area contributed by atoms with Crippen molar-refractivity contribution in [2.45, 2.75) is 19.4 Å². The van der Waals surface area contributed by atoms with Crippen LogP contribution >= 0.6 is 0 Å². The minimum atomic E-state index is -2.97. The molecule has 0 aromatic heterocycles. The van der Waals surface area contributed by atoms with Crippen LogP contribution in [0.5, 0.6) is 0 Å². The highest BCUT2D eigenvalue weighted by molar-refractivity contribution is 6.10. The van der Waals surface area contributed by atoms with Crippen LogP contribution in [0.3, 0.4) is 0 Å². The van der Waals surface area contributed by atoms with Crippen molar-refractivity contribution >= 4 is 23.0 Å². The van der Waals surface area contributed by atoms with E-state index in [-0.39, 0.29) is 23.6 Å². The number of alkyl halides is 2. The van der Waals surface area contributed by atoms with Gasteiger partial charge in [0.2, 0.25) is 11.6 Å². The molecule has 116 valence electrons. The predicted molar refractivity (Wildman–Crippen MR) is 77.3 cm³/mol. The van der Waals surface area contributed by atoms with Crippen LogP contribution in [0.4, 0.5) is 14.5 Å². The Morgan fingerprint density at radius 2 is 1.91 bits per heavy atom. The molecule has 1 aliphatic heterocycles. The van der Waals surface area contributed by atoms with E-state index in [1.807, 2.05) is 0 Å². The lowest BCUT2D eigenvalue weighted by atomic mass is 10.0. The van der Waals surface area contributed by atoms with Gasteiger partial charge in [-0.3, -0.25) is 10.2 Å². The maximum absolute atomic E-state index is 12.7. The topological polar surface area (TPSA) is 105 Å². The maximum Gasteiger partial charge on any atom is 0.336 e. The second-order valence-corrected chi connectivity index (χ2v) is 4.44. The van der Waals surface area contributed by atoms with Crippen molar-refractivity contribution in [3.05, 3.63) is 29.8 Å². The minimum absolute atomic E-state index is 0.0266. The molecule has 0 fully saturated rings. The largest absolute Gasteiger partial charge is 0.336 e. The number of amides is 1. The standard InChI is InChI=1S/C14H10F2N6O/c15-14(16)22-13(23)6-5-12(21-22)9-1-3-10(4-2-9)19-20-11(7-17)8-18/h1-4,14,19H,5-6H2. The summed E-state index contributed by atoms with van der Waals surface area (Å²) in [4.78, 5) is 11.3. The molecule has 1 amide bonds. The van der Waals surface area contributed by atoms with Crippen molar-refractivity contribution in [2.75, 3.05) is 5.43 Å². The van der Waals surface area contributed by atoms with Gasteiger partial charge >= 0.3 is 6.55 Å². The molecular weight excluding hydrogens is 306 g/mol. The molecule has 0 saturated heterocycles. The zero-order valence-corrected chi connectivity index (χ0v) is 11.7. The summed E-state index contributed by atoms with van der Waals surface area (Å²) in [6, 6.07) is 9.63. The van der Waals surface area contributed by atoms with Crippen molar-refractivity contribution in [2.24, 2.45) is 10.2 Å². The molecule has 0 unspecified atom stereocenters. The molecule has 1 aromatic rings. The fraction of sp³-hybridized carbons (Fsp3) is 0.214. The minimum Gasteiger partial charge on any atom is -0.277 e. The lowest BCUT2D eigenvalue weighted by molar-refractivity contribution is -0.145. The van der Waals surface area contributed by atoms with Gasteiger partial charge in [-0.15, -0.1) is 0 Å². The number of hydrogen-bond acceptors (Lipinski definition) is 6. The maximum atomic E-state index is 12.7. The Hall–Kier alpha value is -3.33. The summed E-state index contributed by atoms with van der Waals surface area (Å²) in [5.74, 6) is -0.711. The number of rotatable bonds is 4. The molecule has 1 N–H and O–H groups in total. The van der Waals surface area contributed by atoms with E-state index in [0.29, 0.717) is 17.0 Å². The molecule has 1 aliphatic rings. The monoisotopic (exact) mass is 316 g/mol. The Kier molecular flexibility index (Phi) is 4.95. The molecule has 9 heteroatoms. The SMILES string of the molecule is N#CC(C#N)=NNc1ccc(C2=NN(C(F)F)C(=O)CC2)cc1. The van der Waals surface area contributed by atoms with E-state index < -0.39 is 12.5 Å². The van der Waals surface area contributed by atoms with Gasteiger partial charge in [-0.1, -0.05) is 12.1 Å². The Labute approximate surface area is 130 Å². The third kappa shape index (κ3) is 3.86. The number of hydrogen-bond donors (Lipinski definition) is 1. The number of nitriles is 2. The molecule has 1 heterocycles. The van der Waals surface area contributed by atoms with Crippen molar-refractivity contribution in [3.8, 4) is 12.1 Å². The van der Waals surface area contributed by atoms with Crippen LogP contribution in [0.2, 0.25) is 0 Å². The van der Waals surface area contributed by atoms with E-state index in [0.717, 1.165) is 0 Å². The van der Waals surface area contributed by atoms with E-state index in [9.17, 15) is 13.6 Å². The lowest BCUT2D eigenvalue weighted by Crippen LogP contribution is -2.35. The molecule has 2 rings (SSSR count). The first-order valence-corrected chi connectivity index (χ1v) is 6.47. The number of carbonyl (C=O) groups excluding carboxylic acids is 1. The van der Waals surface area contributed by atoms with Crippen LogP contribution in [-0.4, -0.2) is 28.9 Å². The van der Waals surface area contributed by atoms with E-state index in [1.54, 1.807) is 36.4 Å². The molecule has 0 radical (unpaired) electrons. The summed E-state index contributed by atoms with van der Waals surface area (Å²) in [7, 11) is 0. The highest BCUT2D eigenvalue weighted by Gasteiger charge is 2.27. The zero-order chi connectivity index (χ0) is 16.8. The second kappa shape index (κ2) is 7.09. The molecule has 7 nitrogen and oxygen atoms in total. The van der Waals surface area contributed by atoms with Crippen LogP contribution in [-0.2, 0) is 4.79 Å². The molecule has 0 aliphatic carbocycles. The number of anilines is 1. The summed E-state index contributed by atoms with van der Waals surface area (Å²) in [5.41, 5.74) is 3.70. The Bertz CT molecular complexity index is 726. The average Bonchev–Trinajstić information content (AvgIpc) is 2.56. The zero-order valence-electron chi connectivity index (χ0n) is 11.7. The molecular formula is C14H10F2N6O. The van der Waals surface area contributed by atoms with Gasteiger partial charge in [-0.05, 0) is 17.7 Å². The van der Waals surface area contributed by atoms with Crippen LogP contribution in [0, 0.1) is 22.7 Å². The van der Waals surface area contributed by atoms with Crippen molar-refractivity contribution in [1.82, 2.24) is 5.01 Å². The first-order chi connectivity index (χ1) is 11.0. The van der Waals surface area contributed by atoms with Gasteiger partial charge in [0.05, 0.1) is 11.4 Å². The van der Waals surface area contributed by atoms with Gasteiger partial charge in [0.15, 0.2) is 0 Å². The molecule has 23 heavy (non-hydrogen) atoms. The molecule has 0 bridgehead atoms. The normalized spacial score (nSPS) is 13.9. The number of nitrogens with zero attached hydrogens (tertiary/aromatic N) is 5. The van der Waals surface area contributed by atoms with E-state index in [1.165, 1.54) is 0 Å². The quantitative estimate of drug-likeness (QED) is 0.521. The van der Waals surface area contributed by atoms with Gasteiger partial charge in [0.25, 0.3) is 0 Å². The molecule has 1 aromatic carbocycles. The van der Waals surface area contributed by atoms with Gasteiger partial charge in [-0.2, -0.15) is 34.5 Å². The summed E-state index contributed by atoms with van der Waals surface area (Å²) < 4.78 is 25.4. The van der Waals surface area contributed by atoms with Crippen molar-refractivity contribution < 1.29 is 13.6 Å². The van der Waals surface area contributed by atoms with Crippen molar-refractivity contribution in [3.63, 3.8) is 0 Å². The number of nitrogens with one attached hydrogen (secondary N) is 1. The fourth-order valence-electron chi connectivity index (χ4n) is 1.86. The van der Waals surface area contributed by atoms with Crippen molar-refractivity contribution in [1.29, 1.82) is 10.5 Å². The Balaban J connectivity index is 2.16. The van der Waals surface area contributed by atoms with E-state index >= 15 is 0 Å². The van der Waals surface area contributed by atoms with Crippen LogP contribution < -0.4 is 5.43 Å². The number of halogens is 2. The van der Waals surface area contributed by atoms with Crippen LogP contribution in [0.25, 0.3) is 0 Å². The summed E-state index contributed by atoms with van der Waals surface area (Å²) >= 11 is 0. The molecule has 0 atom stereocenters. The second-order valence-electron chi connectivity index (χ2n) is 4.44. The van der Waals surface area contributed by atoms with Crippen LogP contribution in [0.15, 0.2) is 34.5 Å². The van der Waals surface area contributed by atoms with Gasteiger partial charge in [0.1, 0.15) is 12.1 Å².